The van der Waals surface area contributed by atoms with Crippen molar-refractivity contribution in [3.63, 3.8) is 0 Å². The Hall–Kier alpha value is -1.89. The van der Waals surface area contributed by atoms with Gasteiger partial charge in [-0.1, -0.05) is 49.2 Å². The second-order valence-corrected chi connectivity index (χ2v) is 9.12. The van der Waals surface area contributed by atoms with E-state index in [0.717, 1.165) is 11.5 Å². The largest absolute Gasteiger partial charge is 0.492 e. The van der Waals surface area contributed by atoms with Crippen molar-refractivity contribution in [1.82, 2.24) is 10.6 Å². The van der Waals surface area contributed by atoms with Gasteiger partial charge in [0.2, 0.25) is 5.91 Å². The van der Waals surface area contributed by atoms with Crippen LogP contribution in [0.15, 0.2) is 42.5 Å². The molecule has 0 radical (unpaired) electrons. The van der Waals surface area contributed by atoms with Crippen molar-refractivity contribution in [2.45, 2.75) is 32.2 Å². The lowest BCUT2D eigenvalue weighted by Gasteiger charge is -2.19. The van der Waals surface area contributed by atoms with Crippen LogP contribution in [0.5, 0.6) is 5.75 Å². The maximum absolute atomic E-state index is 12.6. The van der Waals surface area contributed by atoms with Gasteiger partial charge in [0.05, 0.1) is 17.1 Å². The molecule has 0 aromatic heterocycles. The van der Waals surface area contributed by atoms with Gasteiger partial charge in [0.1, 0.15) is 18.4 Å². The van der Waals surface area contributed by atoms with Crippen molar-refractivity contribution in [3.8, 4) is 5.75 Å². The number of benzene rings is 2. The molecule has 0 bridgehead atoms. The molecule has 2 rings (SSSR count). The van der Waals surface area contributed by atoms with E-state index in [2.05, 4.69) is 24.5 Å². The van der Waals surface area contributed by atoms with E-state index in [-0.39, 0.29) is 16.5 Å². The summed E-state index contributed by atoms with van der Waals surface area (Å²) in [6.07, 6.45) is 2.45. The summed E-state index contributed by atoms with van der Waals surface area (Å²) >= 11 is 13.6. The summed E-state index contributed by atoms with van der Waals surface area (Å²) in [5.74, 6) is 1.27. The molecule has 0 heterocycles. The van der Waals surface area contributed by atoms with Crippen LogP contribution in [-0.4, -0.2) is 43.0 Å². The van der Waals surface area contributed by atoms with Gasteiger partial charge >= 0.3 is 0 Å². The zero-order valence-electron chi connectivity index (χ0n) is 17.9. The van der Waals surface area contributed by atoms with Crippen molar-refractivity contribution < 1.29 is 14.3 Å². The molecule has 0 spiro atoms. The first-order valence-electron chi connectivity index (χ1n) is 10.1. The summed E-state index contributed by atoms with van der Waals surface area (Å²) in [6.45, 7) is 4.94. The minimum atomic E-state index is -0.669. The summed E-state index contributed by atoms with van der Waals surface area (Å²) in [5, 5.41) is 6.28. The molecule has 2 N–H and O–H groups in total. The predicted octanol–water partition coefficient (Wildman–Crippen LogP) is 5.16. The number of hydrogen-bond donors (Lipinski definition) is 2. The van der Waals surface area contributed by atoms with Crippen LogP contribution in [0, 0.1) is 0 Å². The first-order valence-corrected chi connectivity index (χ1v) is 12.2. The predicted molar refractivity (Wildman–Crippen MR) is 130 cm³/mol. The van der Waals surface area contributed by atoms with Gasteiger partial charge in [0.15, 0.2) is 0 Å². The summed E-state index contributed by atoms with van der Waals surface area (Å²) in [7, 11) is 0. The van der Waals surface area contributed by atoms with Crippen LogP contribution < -0.4 is 15.4 Å². The topological polar surface area (TPSA) is 67.4 Å². The average molecular weight is 483 g/mol. The number of carbonyl (C=O) groups is 2. The third-order valence-electron chi connectivity index (χ3n) is 4.63. The number of nitrogens with one attached hydrogen (secondary N) is 2. The fourth-order valence-electron chi connectivity index (χ4n) is 2.83. The van der Waals surface area contributed by atoms with Crippen molar-refractivity contribution >= 4 is 46.8 Å². The third kappa shape index (κ3) is 8.28. The van der Waals surface area contributed by atoms with Gasteiger partial charge < -0.3 is 15.4 Å². The van der Waals surface area contributed by atoms with E-state index in [1.165, 1.54) is 11.6 Å². The van der Waals surface area contributed by atoms with E-state index >= 15 is 0 Å². The number of rotatable bonds is 11. The SMILES string of the molecule is CSCCC(NC(=O)c1ccc(Cl)cc1Cl)C(=O)NCCOc1ccc(C(C)C)cc1. The Balaban J connectivity index is 1.87. The summed E-state index contributed by atoms with van der Waals surface area (Å²) in [4.78, 5) is 25.2. The zero-order chi connectivity index (χ0) is 22.8. The van der Waals surface area contributed by atoms with Crippen molar-refractivity contribution in [1.29, 1.82) is 0 Å². The van der Waals surface area contributed by atoms with Crippen LogP contribution in [0.3, 0.4) is 0 Å². The lowest BCUT2D eigenvalue weighted by atomic mass is 10.0. The highest BCUT2D eigenvalue weighted by Crippen LogP contribution is 2.21. The van der Waals surface area contributed by atoms with Gasteiger partial charge in [-0.25, -0.2) is 0 Å². The number of hydrogen-bond acceptors (Lipinski definition) is 4. The van der Waals surface area contributed by atoms with Crippen LogP contribution in [-0.2, 0) is 4.79 Å². The van der Waals surface area contributed by atoms with E-state index in [4.69, 9.17) is 27.9 Å². The number of amides is 2. The number of ether oxygens (including phenoxy) is 1. The van der Waals surface area contributed by atoms with E-state index in [9.17, 15) is 9.59 Å². The Morgan fingerprint density at radius 1 is 1.10 bits per heavy atom. The smallest absolute Gasteiger partial charge is 0.253 e. The van der Waals surface area contributed by atoms with Gasteiger partial charge in [-0.3, -0.25) is 9.59 Å². The van der Waals surface area contributed by atoms with Crippen LogP contribution in [0.4, 0.5) is 0 Å². The Bertz CT molecular complexity index is 876. The zero-order valence-corrected chi connectivity index (χ0v) is 20.2. The number of halogens is 2. The maximum Gasteiger partial charge on any atom is 0.253 e. The number of carbonyl (C=O) groups excluding carboxylic acids is 2. The molecule has 2 aromatic carbocycles. The fraction of sp³-hybridized carbons (Fsp3) is 0.391. The number of thioether (sulfide) groups is 1. The standard InChI is InChI=1S/C23H28Cl2N2O3S/c1-15(2)16-4-7-18(8-5-16)30-12-11-26-23(29)21(10-13-31-3)27-22(28)19-9-6-17(24)14-20(19)25/h4-9,14-15,21H,10-13H2,1-3H3,(H,26,29)(H,27,28). The van der Waals surface area contributed by atoms with Gasteiger partial charge in [0, 0.05) is 5.02 Å². The maximum atomic E-state index is 12.6. The first-order chi connectivity index (χ1) is 14.8. The highest BCUT2D eigenvalue weighted by atomic mass is 35.5. The molecule has 5 nitrogen and oxygen atoms in total. The highest BCUT2D eigenvalue weighted by Gasteiger charge is 2.22. The molecular weight excluding hydrogens is 455 g/mol. The lowest BCUT2D eigenvalue weighted by Crippen LogP contribution is -2.48. The molecular formula is C23H28Cl2N2O3S. The first kappa shape index (κ1) is 25.4. The quantitative estimate of drug-likeness (QED) is 0.433. The van der Waals surface area contributed by atoms with E-state index in [1.54, 1.807) is 23.9 Å². The molecule has 2 aromatic rings. The fourth-order valence-corrected chi connectivity index (χ4v) is 3.80. The normalized spacial score (nSPS) is 11.8. The van der Waals surface area contributed by atoms with Gasteiger partial charge in [-0.05, 0) is 60.2 Å². The average Bonchev–Trinajstić information content (AvgIpc) is 2.74. The molecule has 0 aliphatic heterocycles. The minimum absolute atomic E-state index is 0.242. The van der Waals surface area contributed by atoms with E-state index in [1.807, 2.05) is 30.5 Å². The summed E-state index contributed by atoms with van der Waals surface area (Å²) in [6, 6.07) is 11.9. The Morgan fingerprint density at radius 2 is 1.81 bits per heavy atom. The molecule has 0 saturated carbocycles. The molecule has 1 unspecified atom stereocenters. The van der Waals surface area contributed by atoms with E-state index < -0.39 is 11.9 Å². The molecule has 0 fully saturated rings. The highest BCUT2D eigenvalue weighted by molar-refractivity contribution is 7.98. The van der Waals surface area contributed by atoms with Crippen molar-refractivity contribution in [3.05, 3.63) is 63.6 Å². The van der Waals surface area contributed by atoms with Gasteiger partial charge in [-0.15, -0.1) is 0 Å². The van der Waals surface area contributed by atoms with Gasteiger partial charge in [-0.2, -0.15) is 11.8 Å². The molecule has 8 heteroatoms. The monoisotopic (exact) mass is 482 g/mol. The second kappa shape index (κ2) is 12.8. The second-order valence-electron chi connectivity index (χ2n) is 7.29. The Kier molecular flexibility index (Phi) is 10.5. The Labute approximate surface area is 198 Å². The molecule has 0 saturated heterocycles. The molecule has 168 valence electrons. The summed E-state index contributed by atoms with van der Waals surface area (Å²) in [5.41, 5.74) is 1.52. The van der Waals surface area contributed by atoms with Gasteiger partial charge in [0.25, 0.3) is 5.91 Å². The van der Waals surface area contributed by atoms with E-state index in [0.29, 0.717) is 30.5 Å². The van der Waals surface area contributed by atoms with Crippen LogP contribution >= 0.6 is 35.0 Å². The lowest BCUT2D eigenvalue weighted by molar-refractivity contribution is -0.123. The molecule has 0 aliphatic carbocycles. The molecule has 2 amide bonds. The Morgan fingerprint density at radius 3 is 2.42 bits per heavy atom. The molecule has 0 aliphatic rings. The van der Waals surface area contributed by atoms with Crippen LogP contribution in [0.25, 0.3) is 0 Å². The van der Waals surface area contributed by atoms with Crippen LogP contribution in [0.2, 0.25) is 10.0 Å². The molecule has 1 atom stereocenters. The molecule has 31 heavy (non-hydrogen) atoms. The van der Waals surface area contributed by atoms with Crippen molar-refractivity contribution in [2.24, 2.45) is 0 Å². The van der Waals surface area contributed by atoms with Crippen molar-refractivity contribution in [2.75, 3.05) is 25.2 Å². The minimum Gasteiger partial charge on any atom is -0.492 e. The summed E-state index contributed by atoms with van der Waals surface area (Å²) < 4.78 is 5.69. The third-order valence-corrected chi connectivity index (χ3v) is 5.82. The van der Waals surface area contributed by atoms with Crippen LogP contribution in [0.1, 0.15) is 42.1 Å².